The Balaban J connectivity index is 2.01. The number of rotatable bonds is 6. The van der Waals surface area contributed by atoms with Gasteiger partial charge in [0.25, 0.3) is 5.91 Å². The summed E-state index contributed by atoms with van der Waals surface area (Å²) in [5.41, 5.74) is 4.83. The van der Waals surface area contributed by atoms with Gasteiger partial charge in [-0.25, -0.2) is 0 Å². The van der Waals surface area contributed by atoms with Crippen LogP contribution < -0.4 is 0 Å². The maximum absolute atomic E-state index is 13.0. The van der Waals surface area contributed by atoms with Crippen molar-refractivity contribution in [2.24, 2.45) is 0 Å². The number of para-hydroxylation sites is 1. The van der Waals surface area contributed by atoms with E-state index in [2.05, 4.69) is 35.4 Å². The number of amides is 1. The van der Waals surface area contributed by atoms with Crippen LogP contribution in [-0.4, -0.2) is 59.8 Å². The molecule has 1 aromatic heterocycles. The maximum atomic E-state index is 13.0. The largest absolute Gasteiger partial charge is 0.345 e. The first-order valence-corrected chi connectivity index (χ1v) is 10.5. The standard InChI is InChI=1S/C24H29N3O2/c1-5-26(6-2)14-15-27-20-12-10-16-17(11-13-21(16)28)22(20)18-8-7-9-19(23(18)27)24(29)25(3)4/h7-10,12H,5-6,11,13-15H2,1-4H3. The van der Waals surface area contributed by atoms with Crippen LogP contribution in [0.25, 0.3) is 21.8 Å². The highest BCUT2D eigenvalue weighted by Crippen LogP contribution is 2.38. The average Bonchev–Trinajstić information content (AvgIpc) is 3.26. The summed E-state index contributed by atoms with van der Waals surface area (Å²) < 4.78 is 2.29. The molecule has 0 aliphatic heterocycles. The summed E-state index contributed by atoms with van der Waals surface area (Å²) in [6, 6.07) is 10.0. The predicted molar refractivity (Wildman–Crippen MR) is 118 cm³/mol. The van der Waals surface area contributed by atoms with Crippen molar-refractivity contribution in [3.8, 4) is 0 Å². The van der Waals surface area contributed by atoms with Gasteiger partial charge < -0.3 is 14.4 Å². The van der Waals surface area contributed by atoms with Crippen molar-refractivity contribution < 1.29 is 9.59 Å². The summed E-state index contributed by atoms with van der Waals surface area (Å²) in [6.07, 6.45) is 1.36. The van der Waals surface area contributed by atoms with E-state index >= 15 is 0 Å². The molecule has 1 amide bonds. The molecule has 3 aromatic rings. The smallest absolute Gasteiger partial charge is 0.255 e. The zero-order valence-corrected chi connectivity index (χ0v) is 17.8. The first-order valence-electron chi connectivity index (χ1n) is 10.5. The number of nitrogens with zero attached hydrogens (tertiary/aromatic N) is 3. The van der Waals surface area contributed by atoms with Crippen LogP contribution in [0.3, 0.4) is 0 Å². The Bertz CT molecular complexity index is 1110. The molecule has 1 aliphatic rings. The zero-order valence-electron chi connectivity index (χ0n) is 17.8. The van der Waals surface area contributed by atoms with E-state index in [1.54, 1.807) is 19.0 Å². The molecule has 0 saturated heterocycles. The molecule has 0 spiro atoms. The van der Waals surface area contributed by atoms with Gasteiger partial charge in [-0.3, -0.25) is 9.59 Å². The van der Waals surface area contributed by atoms with Crippen LogP contribution >= 0.6 is 0 Å². The number of benzene rings is 2. The van der Waals surface area contributed by atoms with Gasteiger partial charge in [-0.15, -0.1) is 0 Å². The fourth-order valence-electron chi connectivity index (χ4n) is 4.64. The van der Waals surface area contributed by atoms with Crippen molar-refractivity contribution in [3.63, 3.8) is 0 Å². The molecule has 0 atom stereocenters. The fourth-order valence-corrected chi connectivity index (χ4v) is 4.64. The van der Waals surface area contributed by atoms with Gasteiger partial charge in [0.15, 0.2) is 5.78 Å². The van der Waals surface area contributed by atoms with Crippen LogP contribution in [0.5, 0.6) is 0 Å². The highest BCUT2D eigenvalue weighted by Gasteiger charge is 2.26. The van der Waals surface area contributed by atoms with Crippen LogP contribution in [0.4, 0.5) is 0 Å². The molecule has 0 fully saturated rings. The molecule has 0 bridgehead atoms. The van der Waals surface area contributed by atoms with Gasteiger partial charge in [-0.1, -0.05) is 26.0 Å². The van der Waals surface area contributed by atoms with Gasteiger partial charge in [0.05, 0.1) is 11.1 Å². The number of fused-ring (bicyclic) bond motifs is 5. The van der Waals surface area contributed by atoms with E-state index in [0.29, 0.717) is 6.42 Å². The molecule has 0 saturated carbocycles. The number of aromatic nitrogens is 1. The topological polar surface area (TPSA) is 45.6 Å². The molecular weight excluding hydrogens is 362 g/mol. The second-order valence-corrected chi connectivity index (χ2v) is 7.99. The van der Waals surface area contributed by atoms with E-state index < -0.39 is 0 Å². The van der Waals surface area contributed by atoms with E-state index in [1.165, 1.54) is 0 Å². The third-order valence-corrected chi connectivity index (χ3v) is 6.23. The van der Waals surface area contributed by atoms with Crippen molar-refractivity contribution >= 4 is 33.5 Å². The van der Waals surface area contributed by atoms with Crippen LogP contribution in [-0.2, 0) is 13.0 Å². The quantitative estimate of drug-likeness (QED) is 0.639. The average molecular weight is 392 g/mol. The predicted octanol–water partition coefficient (Wildman–Crippen LogP) is 3.97. The lowest BCUT2D eigenvalue weighted by molar-refractivity contribution is 0.0828. The Hall–Kier alpha value is -2.66. The molecule has 0 radical (unpaired) electrons. The zero-order chi connectivity index (χ0) is 20.7. The third kappa shape index (κ3) is 3.14. The van der Waals surface area contributed by atoms with Crippen molar-refractivity contribution in [2.75, 3.05) is 33.7 Å². The second kappa shape index (κ2) is 7.64. The summed E-state index contributed by atoms with van der Waals surface area (Å²) >= 11 is 0. The molecule has 5 nitrogen and oxygen atoms in total. The number of hydrogen-bond donors (Lipinski definition) is 0. The molecule has 4 rings (SSSR count). The molecular formula is C24H29N3O2. The van der Waals surface area contributed by atoms with Crippen LogP contribution in [0.2, 0.25) is 0 Å². The van der Waals surface area contributed by atoms with Crippen LogP contribution in [0, 0.1) is 0 Å². The molecule has 152 valence electrons. The molecule has 5 heteroatoms. The van der Waals surface area contributed by atoms with Gasteiger partial charge >= 0.3 is 0 Å². The van der Waals surface area contributed by atoms with Gasteiger partial charge in [0.1, 0.15) is 0 Å². The number of hydrogen-bond acceptors (Lipinski definition) is 3. The molecule has 1 heterocycles. The van der Waals surface area contributed by atoms with E-state index in [4.69, 9.17) is 0 Å². The van der Waals surface area contributed by atoms with Crippen molar-refractivity contribution in [1.82, 2.24) is 14.4 Å². The Morgan fingerprint density at radius 1 is 1.07 bits per heavy atom. The molecule has 0 N–H and O–H groups in total. The van der Waals surface area contributed by atoms with Crippen molar-refractivity contribution in [2.45, 2.75) is 33.2 Å². The molecule has 2 aromatic carbocycles. The molecule has 1 aliphatic carbocycles. The first kappa shape index (κ1) is 19.6. The highest BCUT2D eigenvalue weighted by molar-refractivity contribution is 6.19. The Kier molecular flexibility index (Phi) is 5.17. The fraction of sp³-hybridized carbons (Fsp3) is 0.417. The summed E-state index contributed by atoms with van der Waals surface area (Å²) in [5.74, 6) is 0.238. The summed E-state index contributed by atoms with van der Waals surface area (Å²) in [6.45, 7) is 8.09. The lowest BCUT2D eigenvalue weighted by Gasteiger charge is -2.20. The Labute approximate surface area is 171 Å². The van der Waals surface area contributed by atoms with Crippen molar-refractivity contribution in [3.05, 3.63) is 47.0 Å². The monoisotopic (exact) mass is 391 g/mol. The number of carbonyl (C=O) groups is 2. The molecule has 0 unspecified atom stereocenters. The number of Topliss-reactive ketones (excluding diaryl/α,β-unsaturated/α-hetero) is 1. The van der Waals surface area contributed by atoms with Crippen LogP contribution in [0.1, 0.15) is 46.5 Å². The van der Waals surface area contributed by atoms with Gasteiger partial charge in [0.2, 0.25) is 0 Å². The minimum Gasteiger partial charge on any atom is -0.345 e. The number of aryl methyl sites for hydroxylation is 1. The minimum absolute atomic E-state index is 0.00946. The highest BCUT2D eigenvalue weighted by atomic mass is 16.2. The van der Waals surface area contributed by atoms with Gasteiger partial charge in [-0.05, 0) is 43.3 Å². The van der Waals surface area contributed by atoms with E-state index in [9.17, 15) is 9.59 Å². The van der Waals surface area contributed by atoms with E-state index in [-0.39, 0.29) is 11.7 Å². The number of likely N-dealkylation sites (N-methyl/N-ethyl adjacent to an activating group) is 1. The summed E-state index contributed by atoms with van der Waals surface area (Å²) in [5, 5.41) is 2.23. The lowest BCUT2D eigenvalue weighted by Crippen LogP contribution is -2.27. The van der Waals surface area contributed by atoms with Gasteiger partial charge in [0, 0.05) is 55.5 Å². The SMILES string of the molecule is CCN(CC)CCn1c2ccc3c(c2c2cccc(C(=O)N(C)C)c21)CCC3=O. The van der Waals surface area contributed by atoms with E-state index in [0.717, 1.165) is 71.1 Å². The normalized spacial score (nSPS) is 13.6. The first-order chi connectivity index (χ1) is 14.0. The summed E-state index contributed by atoms with van der Waals surface area (Å²) in [4.78, 5) is 29.3. The van der Waals surface area contributed by atoms with E-state index in [1.807, 2.05) is 18.2 Å². The van der Waals surface area contributed by atoms with Crippen LogP contribution in [0.15, 0.2) is 30.3 Å². The maximum Gasteiger partial charge on any atom is 0.255 e. The van der Waals surface area contributed by atoms with Gasteiger partial charge in [-0.2, -0.15) is 0 Å². The molecule has 29 heavy (non-hydrogen) atoms. The van der Waals surface area contributed by atoms with Crippen molar-refractivity contribution in [1.29, 1.82) is 0 Å². The Morgan fingerprint density at radius 2 is 1.83 bits per heavy atom. The lowest BCUT2D eigenvalue weighted by atomic mass is 10.0. The minimum atomic E-state index is 0.00946. The second-order valence-electron chi connectivity index (χ2n) is 7.99. The number of ketones is 1. The summed E-state index contributed by atoms with van der Waals surface area (Å²) in [7, 11) is 3.58. The number of carbonyl (C=O) groups excluding carboxylic acids is 2. The Morgan fingerprint density at radius 3 is 2.52 bits per heavy atom. The third-order valence-electron chi connectivity index (χ3n) is 6.23.